The Morgan fingerprint density at radius 3 is 2.62 bits per heavy atom. The Labute approximate surface area is 147 Å². The topological polar surface area (TPSA) is 36.4 Å². The molecule has 1 aliphatic carbocycles. The Bertz CT molecular complexity index is 696. The van der Waals surface area contributed by atoms with Crippen LogP contribution in [0.4, 0.5) is 0 Å². The van der Waals surface area contributed by atoms with Crippen LogP contribution in [-0.4, -0.2) is 52.9 Å². The third-order valence-electron chi connectivity index (χ3n) is 5.15. The second kappa shape index (κ2) is 7.03. The van der Waals surface area contributed by atoms with Gasteiger partial charge < -0.3 is 4.90 Å². The predicted molar refractivity (Wildman–Crippen MR) is 97.3 cm³/mol. The molecule has 126 valence electrons. The lowest BCUT2D eigenvalue weighted by Crippen LogP contribution is -2.42. The lowest BCUT2D eigenvalue weighted by molar-refractivity contribution is 0.0744. The first-order valence-electron chi connectivity index (χ1n) is 8.85. The summed E-state index contributed by atoms with van der Waals surface area (Å²) in [7, 11) is 0. The zero-order valence-electron chi connectivity index (χ0n) is 13.9. The number of amides is 1. The van der Waals surface area contributed by atoms with E-state index in [-0.39, 0.29) is 5.91 Å². The minimum atomic E-state index is 0.0869. The molecular weight excluding hydrogens is 318 g/mol. The summed E-state index contributed by atoms with van der Waals surface area (Å²) in [4.78, 5) is 22.0. The van der Waals surface area contributed by atoms with Crippen LogP contribution in [0.5, 0.6) is 0 Å². The smallest absolute Gasteiger partial charge is 0.273 e. The normalized spacial score (nSPS) is 19.8. The number of nitrogens with zero attached hydrogens (tertiary/aromatic N) is 3. The first kappa shape index (κ1) is 15.8. The van der Waals surface area contributed by atoms with Crippen molar-refractivity contribution < 1.29 is 4.79 Å². The molecule has 2 heterocycles. The molecule has 1 saturated heterocycles. The van der Waals surface area contributed by atoms with Crippen LogP contribution in [0.2, 0.25) is 0 Å². The monoisotopic (exact) mass is 341 g/mol. The molecule has 1 saturated carbocycles. The van der Waals surface area contributed by atoms with Gasteiger partial charge in [0.2, 0.25) is 0 Å². The second-order valence-electron chi connectivity index (χ2n) is 6.67. The molecule has 24 heavy (non-hydrogen) atoms. The van der Waals surface area contributed by atoms with Crippen molar-refractivity contribution in [3.63, 3.8) is 0 Å². The van der Waals surface area contributed by atoms with Crippen molar-refractivity contribution in [1.29, 1.82) is 0 Å². The van der Waals surface area contributed by atoms with E-state index in [0.717, 1.165) is 49.2 Å². The number of benzene rings is 1. The second-order valence-corrected chi connectivity index (χ2v) is 7.53. The van der Waals surface area contributed by atoms with Crippen LogP contribution in [0.25, 0.3) is 10.6 Å². The van der Waals surface area contributed by atoms with E-state index < -0.39 is 0 Å². The fraction of sp³-hybridized carbons (Fsp3) is 0.474. The molecule has 4 rings (SSSR count). The molecule has 1 aromatic heterocycles. The zero-order chi connectivity index (χ0) is 16.4. The Morgan fingerprint density at radius 1 is 1.04 bits per heavy atom. The number of carbonyl (C=O) groups is 1. The minimum absolute atomic E-state index is 0.0869. The van der Waals surface area contributed by atoms with E-state index in [2.05, 4.69) is 9.88 Å². The maximum absolute atomic E-state index is 12.8. The van der Waals surface area contributed by atoms with Gasteiger partial charge in [-0.3, -0.25) is 9.69 Å². The molecule has 0 atom stereocenters. The van der Waals surface area contributed by atoms with Crippen molar-refractivity contribution in [2.24, 2.45) is 0 Å². The van der Waals surface area contributed by atoms with Crippen molar-refractivity contribution in [3.05, 3.63) is 41.4 Å². The summed E-state index contributed by atoms with van der Waals surface area (Å²) in [6, 6.07) is 10.8. The Kier molecular flexibility index (Phi) is 4.63. The van der Waals surface area contributed by atoms with E-state index in [9.17, 15) is 4.79 Å². The Hall–Kier alpha value is -1.72. The van der Waals surface area contributed by atoms with Crippen LogP contribution in [-0.2, 0) is 0 Å². The molecule has 5 heteroatoms. The van der Waals surface area contributed by atoms with Crippen LogP contribution in [0.15, 0.2) is 35.7 Å². The highest BCUT2D eigenvalue weighted by Crippen LogP contribution is 2.27. The van der Waals surface area contributed by atoms with Crippen LogP contribution in [0.3, 0.4) is 0 Å². The molecule has 0 unspecified atom stereocenters. The van der Waals surface area contributed by atoms with Crippen molar-refractivity contribution >= 4 is 17.2 Å². The fourth-order valence-corrected chi connectivity index (χ4v) is 4.30. The van der Waals surface area contributed by atoms with Crippen LogP contribution in [0.1, 0.15) is 36.2 Å². The van der Waals surface area contributed by atoms with Gasteiger partial charge in [-0.05, 0) is 19.3 Å². The lowest BCUT2D eigenvalue weighted by Gasteiger charge is -2.36. The highest BCUT2D eigenvalue weighted by molar-refractivity contribution is 7.13. The average molecular weight is 341 g/mol. The van der Waals surface area contributed by atoms with Crippen molar-refractivity contribution in [3.8, 4) is 10.6 Å². The minimum Gasteiger partial charge on any atom is -0.336 e. The number of thiazole rings is 1. The van der Waals surface area contributed by atoms with Gasteiger partial charge >= 0.3 is 0 Å². The number of rotatable bonds is 3. The standard InChI is InChI=1S/C19H23N3OS/c23-19(17-14-24-18(20-17)15-6-2-1-3-7-15)22-11-5-10-21(12-13-22)16-8-4-9-16/h1-3,6-7,14,16H,4-5,8-13H2. The number of hydrogen-bond donors (Lipinski definition) is 0. The summed E-state index contributed by atoms with van der Waals surface area (Å²) in [5, 5.41) is 2.82. The molecule has 0 bridgehead atoms. The van der Waals surface area contributed by atoms with Crippen molar-refractivity contribution in [1.82, 2.24) is 14.8 Å². The van der Waals surface area contributed by atoms with E-state index in [1.807, 2.05) is 40.6 Å². The van der Waals surface area contributed by atoms with E-state index in [4.69, 9.17) is 0 Å². The van der Waals surface area contributed by atoms with Gasteiger partial charge in [0.05, 0.1) is 0 Å². The third-order valence-corrected chi connectivity index (χ3v) is 6.04. The van der Waals surface area contributed by atoms with Gasteiger partial charge in [0.1, 0.15) is 10.7 Å². The molecule has 0 radical (unpaired) electrons. The molecule has 2 aromatic rings. The summed E-state index contributed by atoms with van der Waals surface area (Å²) in [6.45, 7) is 3.81. The predicted octanol–water partition coefficient (Wildman–Crippen LogP) is 3.51. The number of carbonyl (C=O) groups excluding carboxylic acids is 1. The highest BCUT2D eigenvalue weighted by atomic mass is 32.1. The molecule has 0 spiro atoms. The number of aromatic nitrogens is 1. The van der Waals surface area contributed by atoms with Gasteiger partial charge in [0, 0.05) is 43.2 Å². The largest absolute Gasteiger partial charge is 0.336 e. The van der Waals surface area contributed by atoms with Gasteiger partial charge in [-0.15, -0.1) is 11.3 Å². The van der Waals surface area contributed by atoms with Gasteiger partial charge in [-0.1, -0.05) is 36.8 Å². The van der Waals surface area contributed by atoms with Crippen LogP contribution >= 0.6 is 11.3 Å². The lowest BCUT2D eigenvalue weighted by atomic mass is 9.91. The first-order valence-corrected chi connectivity index (χ1v) is 9.73. The van der Waals surface area contributed by atoms with Gasteiger partial charge in [-0.2, -0.15) is 0 Å². The SMILES string of the molecule is O=C(c1csc(-c2ccccc2)n1)N1CCCN(C2CCC2)CC1. The van der Waals surface area contributed by atoms with E-state index in [0.29, 0.717) is 5.69 Å². The van der Waals surface area contributed by atoms with Gasteiger partial charge in [-0.25, -0.2) is 4.98 Å². The summed E-state index contributed by atoms with van der Waals surface area (Å²) < 4.78 is 0. The van der Waals surface area contributed by atoms with Crippen molar-refractivity contribution in [2.45, 2.75) is 31.7 Å². The maximum Gasteiger partial charge on any atom is 0.273 e. The zero-order valence-corrected chi connectivity index (χ0v) is 14.7. The first-order chi connectivity index (χ1) is 11.8. The molecular formula is C19H23N3OS. The molecule has 2 aliphatic rings. The highest BCUT2D eigenvalue weighted by Gasteiger charge is 2.28. The third kappa shape index (κ3) is 3.23. The van der Waals surface area contributed by atoms with E-state index in [1.54, 1.807) is 11.3 Å². The molecule has 1 aliphatic heterocycles. The Balaban J connectivity index is 1.43. The van der Waals surface area contributed by atoms with Crippen molar-refractivity contribution in [2.75, 3.05) is 26.2 Å². The molecule has 2 fully saturated rings. The van der Waals surface area contributed by atoms with Crippen LogP contribution < -0.4 is 0 Å². The molecule has 1 aromatic carbocycles. The summed E-state index contributed by atoms with van der Waals surface area (Å²) in [5.74, 6) is 0.0869. The quantitative estimate of drug-likeness (QED) is 0.857. The van der Waals surface area contributed by atoms with E-state index in [1.165, 1.54) is 19.3 Å². The van der Waals surface area contributed by atoms with E-state index >= 15 is 0 Å². The average Bonchev–Trinajstić information content (AvgIpc) is 2.94. The molecule has 4 nitrogen and oxygen atoms in total. The molecule has 1 amide bonds. The maximum atomic E-state index is 12.8. The fourth-order valence-electron chi connectivity index (χ4n) is 3.50. The van der Waals surface area contributed by atoms with Gasteiger partial charge in [0.15, 0.2) is 0 Å². The van der Waals surface area contributed by atoms with Crippen LogP contribution in [0, 0.1) is 0 Å². The summed E-state index contributed by atoms with van der Waals surface area (Å²) in [6.07, 6.45) is 5.10. The van der Waals surface area contributed by atoms with Gasteiger partial charge in [0.25, 0.3) is 5.91 Å². The summed E-state index contributed by atoms with van der Waals surface area (Å²) >= 11 is 1.55. The summed E-state index contributed by atoms with van der Waals surface area (Å²) in [5.41, 5.74) is 1.67. The molecule has 0 N–H and O–H groups in total. The Morgan fingerprint density at radius 2 is 1.88 bits per heavy atom. The number of hydrogen-bond acceptors (Lipinski definition) is 4.